The van der Waals surface area contributed by atoms with Gasteiger partial charge in [0.05, 0.1) is 11.6 Å². The molecule has 1 saturated heterocycles. The average Bonchev–Trinajstić information content (AvgIpc) is 2.80. The molecule has 5 heteroatoms. The molecule has 0 aromatic carbocycles. The van der Waals surface area contributed by atoms with Gasteiger partial charge in [-0.3, -0.25) is 9.78 Å². The monoisotopic (exact) mass is 220 g/mol. The Balaban J connectivity index is 2.07. The van der Waals surface area contributed by atoms with E-state index in [1.807, 2.05) is 6.92 Å². The van der Waals surface area contributed by atoms with Gasteiger partial charge in [0, 0.05) is 18.9 Å². The predicted octanol–water partition coefficient (Wildman–Crippen LogP) is 0.805. The van der Waals surface area contributed by atoms with E-state index in [1.54, 1.807) is 18.6 Å². The number of nitrogens with zero attached hydrogens (tertiary/aromatic N) is 2. The fourth-order valence-electron chi connectivity index (χ4n) is 2.01. The molecular weight excluding hydrogens is 204 g/mol. The van der Waals surface area contributed by atoms with Gasteiger partial charge in [0.25, 0.3) is 0 Å². The van der Waals surface area contributed by atoms with Crippen LogP contribution in [0.2, 0.25) is 0 Å². The fraction of sp³-hybridized carbons (Fsp3) is 0.545. The van der Waals surface area contributed by atoms with Gasteiger partial charge in [-0.2, -0.15) is 0 Å². The van der Waals surface area contributed by atoms with Gasteiger partial charge in [0.15, 0.2) is 5.82 Å². The minimum absolute atomic E-state index is 0.0421. The second-order valence-corrected chi connectivity index (χ2v) is 4.11. The summed E-state index contributed by atoms with van der Waals surface area (Å²) in [6.07, 6.45) is 6.44. The minimum Gasteiger partial charge on any atom is -0.316 e. The van der Waals surface area contributed by atoms with E-state index >= 15 is 0 Å². The number of nitrogens with one attached hydrogen (secondary N) is 2. The molecule has 1 atom stereocenters. The molecule has 2 rings (SSSR count). The van der Waals surface area contributed by atoms with Gasteiger partial charge in [-0.1, -0.05) is 6.92 Å². The summed E-state index contributed by atoms with van der Waals surface area (Å²) in [5.74, 6) is 0.563. The Kier molecular flexibility index (Phi) is 3.14. The third kappa shape index (κ3) is 2.04. The summed E-state index contributed by atoms with van der Waals surface area (Å²) in [7, 11) is 0. The zero-order valence-electron chi connectivity index (χ0n) is 9.36. The zero-order valence-corrected chi connectivity index (χ0v) is 9.36. The molecule has 0 aliphatic carbocycles. The molecule has 1 fully saturated rings. The molecule has 1 unspecified atom stereocenters. The summed E-state index contributed by atoms with van der Waals surface area (Å²) in [4.78, 5) is 20.1. The Hall–Kier alpha value is -1.49. The molecule has 1 aliphatic heterocycles. The van der Waals surface area contributed by atoms with Crippen LogP contribution in [0.3, 0.4) is 0 Å². The van der Waals surface area contributed by atoms with E-state index in [4.69, 9.17) is 0 Å². The molecule has 0 saturated carbocycles. The van der Waals surface area contributed by atoms with Crippen molar-refractivity contribution in [2.75, 3.05) is 18.4 Å². The second kappa shape index (κ2) is 4.57. The first-order valence-electron chi connectivity index (χ1n) is 5.55. The van der Waals surface area contributed by atoms with Gasteiger partial charge >= 0.3 is 0 Å². The lowest BCUT2D eigenvalue weighted by Gasteiger charge is -2.24. The van der Waals surface area contributed by atoms with Crippen molar-refractivity contribution in [2.45, 2.75) is 19.8 Å². The summed E-state index contributed by atoms with van der Waals surface area (Å²) in [5.41, 5.74) is -0.280. The number of carbonyl (C=O) groups excluding carboxylic acids is 1. The first-order valence-corrected chi connectivity index (χ1v) is 5.55. The Morgan fingerprint density at radius 3 is 3.06 bits per heavy atom. The molecular formula is C11H16N4O. The molecule has 2 N–H and O–H groups in total. The summed E-state index contributed by atoms with van der Waals surface area (Å²) in [5, 5.41) is 6.06. The number of hydrogen-bond donors (Lipinski definition) is 2. The van der Waals surface area contributed by atoms with Gasteiger partial charge in [0.2, 0.25) is 5.91 Å². The van der Waals surface area contributed by atoms with E-state index in [0.717, 1.165) is 25.9 Å². The van der Waals surface area contributed by atoms with Crippen LogP contribution in [-0.2, 0) is 4.79 Å². The Morgan fingerprint density at radius 2 is 2.50 bits per heavy atom. The molecule has 1 amide bonds. The van der Waals surface area contributed by atoms with Crippen LogP contribution < -0.4 is 10.6 Å². The molecule has 16 heavy (non-hydrogen) atoms. The smallest absolute Gasteiger partial charge is 0.233 e. The van der Waals surface area contributed by atoms with Crippen molar-refractivity contribution in [3.63, 3.8) is 0 Å². The summed E-state index contributed by atoms with van der Waals surface area (Å²) < 4.78 is 0. The van der Waals surface area contributed by atoms with Crippen molar-refractivity contribution in [1.29, 1.82) is 0 Å². The summed E-state index contributed by atoms with van der Waals surface area (Å²) in [6.45, 7) is 3.70. The molecule has 1 aliphatic rings. The lowest BCUT2D eigenvalue weighted by Crippen LogP contribution is -2.37. The normalized spacial score (nSPS) is 24.3. The van der Waals surface area contributed by atoms with Crippen LogP contribution in [0.4, 0.5) is 5.82 Å². The Labute approximate surface area is 94.7 Å². The topological polar surface area (TPSA) is 66.9 Å². The van der Waals surface area contributed by atoms with Gasteiger partial charge in [-0.25, -0.2) is 4.98 Å². The van der Waals surface area contributed by atoms with Crippen LogP contribution in [0.15, 0.2) is 18.6 Å². The van der Waals surface area contributed by atoms with Crippen molar-refractivity contribution in [3.8, 4) is 0 Å². The molecule has 0 bridgehead atoms. The highest BCUT2D eigenvalue weighted by Gasteiger charge is 2.39. The van der Waals surface area contributed by atoms with E-state index < -0.39 is 0 Å². The first kappa shape index (κ1) is 11.0. The summed E-state index contributed by atoms with van der Waals surface area (Å²) >= 11 is 0. The van der Waals surface area contributed by atoms with Crippen molar-refractivity contribution < 1.29 is 4.79 Å². The summed E-state index contributed by atoms with van der Waals surface area (Å²) in [6, 6.07) is 0. The number of aromatic nitrogens is 2. The first-order chi connectivity index (χ1) is 7.77. The number of rotatable bonds is 3. The number of carbonyl (C=O) groups is 1. The molecule has 1 aromatic rings. The van der Waals surface area contributed by atoms with Crippen LogP contribution in [0.1, 0.15) is 19.8 Å². The maximum Gasteiger partial charge on any atom is 0.233 e. The third-order valence-electron chi connectivity index (χ3n) is 3.21. The second-order valence-electron chi connectivity index (χ2n) is 4.11. The van der Waals surface area contributed by atoms with E-state index in [0.29, 0.717) is 5.82 Å². The average molecular weight is 220 g/mol. The number of anilines is 1. The molecule has 2 heterocycles. The maximum absolute atomic E-state index is 12.1. The molecule has 1 aromatic heterocycles. The number of hydrogen-bond acceptors (Lipinski definition) is 4. The molecule has 0 spiro atoms. The van der Waals surface area contributed by atoms with Crippen molar-refractivity contribution in [2.24, 2.45) is 5.41 Å². The largest absolute Gasteiger partial charge is 0.316 e. The molecule has 0 radical (unpaired) electrons. The Morgan fingerprint density at radius 1 is 1.62 bits per heavy atom. The zero-order chi connectivity index (χ0) is 11.4. The quantitative estimate of drug-likeness (QED) is 0.791. The highest BCUT2D eigenvalue weighted by atomic mass is 16.2. The van der Waals surface area contributed by atoms with Crippen molar-refractivity contribution in [1.82, 2.24) is 15.3 Å². The fourth-order valence-corrected chi connectivity index (χ4v) is 2.01. The van der Waals surface area contributed by atoms with Gasteiger partial charge in [0.1, 0.15) is 0 Å². The Bertz CT molecular complexity index is 360. The SMILES string of the molecule is CCC1(C(=O)Nc2cnccn2)CCNC1. The van der Waals surface area contributed by atoms with E-state index in [-0.39, 0.29) is 11.3 Å². The number of amides is 1. The molecule has 5 nitrogen and oxygen atoms in total. The van der Waals surface area contributed by atoms with E-state index in [1.165, 1.54) is 0 Å². The predicted molar refractivity (Wildman–Crippen MR) is 60.9 cm³/mol. The van der Waals surface area contributed by atoms with Crippen molar-refractivity contribution >= 4 is 11.7 Å². The van der Waals surface area contributed by atoms with Crippen LogP contribution in [0.25, 0.3) is 0 Å². The minimum atomic E-state index is -0.280. The van der Waals surface area contributed by atoms with Crippen LogP contribution in [0, 0.1) is 5.41 Å². The van der Waals surface area contributed by atoms with Gasteiger partial charge < -0.3 is 10.6 Å². The lowest BCUT2D eigenvalue weighted by molar-refractivity contribution is -0.124. The molecule has 86 valence electrons. The van der Waals surface area contributed by atoms with E-state index in [2.05, 4.69) is 20.6 Å². The van der Waals surface area contributed by atoms with Gasteiger partial charge in [-0.15, -0.1) is 0 Å². The van der Waals surface area contributed by atoms with Crippen LogP contribution >= 0.6 is 0 Å². The van der Waals surface area contributed by atoms with Crippen LogP contribution in [0.5, 0.6) is 0 Å². The third-order valence-corrected chi connectivity index (χ3v) is 3.21. The standard InChI is InChI=1S/C11H16N4O/c1-2-11(3-4-13-8-11)10(16)15-9-7-12-5-6-14-9/h5-7,13H,2-4,8H2,1H3,(H,14,15,16). The maximum atomic E-state index is 12.1. The van der Waals surface area contributed by atoms with Crippen LogP contribution in [-0.4, -0.2) is 29.0 Å². The lowest BCUT2D eigenvalue weighted by atomic mass is 9.83. The highest BCUT2D eigenvalue weighted by Crippen LogP contribution is 2.30. The van der Waals surface area contributed by atoms with Crippen molar-refractivity contribution in [3.05, 3.63) is 18.6 Å². The van der Waals surface area contributed by atoms with E-state index in [9.17, 15) is 4.79 Å². The van der Waals surface area contributed by atoms with Gasteiger partial charge in [-0.05, 0) is 19.4 Å². The highest BCUT2D eigenvalue weighted by molar-refractivity contribution is 5.94.